The average molecular weight is 330 g/mol. The Morgan fingerprint density at radius 2 is 1.72 bits per heavy atom. The molecule has 1 aliphatic rings. The number of esters is 1. The Morgan fingerprint density at radius 1 is 1.00 bits per heavy atom. The van der Waals surface area contributed by atoms with E-state index in [1.54, 1.807) is 0 Å². The fourth-order valence-electron chi connectivity index (χ4n) is 3.91. The zero-order valence-electron chi connectivity index (χ0n) is 14.4. The minimum atomic E-state index is -0.417. The standard InChI is InChI=1S/C23H22O2/c1-2-25-22(24)23(16-21(23)19-9-4-3-5-10-19)15-17-12-13-18-8-6-7-11-20(18)14-17/h3-14,21H,2,15-16H2,1H3/t21?,23-/m1/s1. The molecule has 1 unspecified atom stereocenters. The van der Waals surface area contributed by atoms with Crippen molar-refractivity contribution in [3.05, 3.63) is 83.9 Å². The van der Waals surface area contributed by atoms with E-state index in [2.05, 4.69) is 54.6 Å². The number of benzene rings is 3. The molecule has 0 heterocycles. The van der Waals surface area contributed by atoms with E-state index >= 15 is 0 Å². The van der Waals surface area contributed by atoms with Gasteiger partial charge in [-0.15, -0.1) is 0 Å². The molecule has 126 valence electrons. The summed E-state index contributed by atoms with van der Waals surface area (Å²) in [6.45, 7) is 2.31. The molecule has 3 aromatic rings. The fourth-order valence-corrected chi connectivity index (χ4v) is 3.91. The summed E-state index contributed by atoms with van der Waals surface area (Å²) in [4.78, 5) is 12.8. The van der Waals surface area contributed by atoms with Crippen LogP contribution in [-0.2, 0) is 16.0 Å². The Bertz CT molecular complexity index is 900. The largest absolute Gasteiger partial charge is 0.466 e. The zero-order valence-corrected chi connectivity index (χ0v) is 14.4. The molecule has 0 spiro atoms. The van der Waals surface area contributed by atoms with Gasteiger partial charge in [0.25, 0.3) is 0 Å². The number of carbonyl (C=O) groups excluding carboxylic acids is 1. The second-order valence-electron chi connectivity index (χ2n) is 6.90. The molecule has 1 saturated carbocycles. The molecular formula is C23H22O2. The Morgan fingerprint density at radius 3 is 2.48 bits per heavy atom. The van der Waals surface area contributed by atoms with Crippen molar-refractivity contribution in [3.8, 4) is 0 Å². The summed E-state index contributed by atoms with van der Waals surface area (Å²) in [5.41, 5.74) is 2.02. The van der Waals surface area contributed by atoms with Crippen LogP contribution in [0.15, 0.2) is 72.8 Å². The third-order valence-corrected chi connectivity index (χ3v) is 5.29. The smallest absolute Gasteiger partial charge is 0.313 e. The van der Waals surface area contributed by atoms with Gasteiger partial charge in [-0.05, 0) is 41.7 Å². The summed E-state index contributed by atoms with van der Waals surface area (Å²) in [6, 6.07) is 25.2. The van der Waals surface area contributed by atoms with Crippen LogP contribution in [0, 0.1) is 5.41 Å². The number of carbonyl (C=O) groups is 1. The molecule has 3 aromatic carbocycles. The number of fused-ring (bicyclic) bond motifs is 1. The highest BCUT2D eigenvalue weighted by atomic mass is 16.5. The first-order valence-electron chi connectivity index (χ1n) is 8.93. The van der Waals surface area contributed by atoms with Crippen LogP contribution < -0.4 is 0 Å². The first-order valence-corrected chi connectivity index (χ1v) is 8.93. The maximum atomic E-state index is 12.8. The zero-order chi connectivity index (χ0) is 17.3. The van der Waals surface area contributed by atoms with E-state index in [0.717, 1.165) is 12.8 Å². The second kappa shape index (κ2) is 6.36. The lowest BCUT2D eigenvalue weighted by molar-refractivity contribution is -0.149. The summed E-state index contributed by atoms with van der Waals surface area (Å²) >= 11 is 0. The molecule has 1 aliphatic carbocycles. The van der Waals surface area contributed by atoms with Crippen molar-refractivity contribution in [2.45, 2.75) is 25.7 Å². The van der Waals surface area contributed by atoms with Gasteiger partial charge >= 0.3 is 5.97 Å². The van der Waals surface area contributed by atoms with Crippen LogP contribution in [0.1, 0.15) is 30.4 Å². The van der Waals surface area contributed by atoms with E-state index in [9.17, 15) is 4.79 Å². The lowest BCUT2D eigenvalue weighted by Gasteiger charge is -2.17. The summed E-state index contributed by atoms with van der Waals surface area (Å²) < 4.78 is 5.44. The number of hydrogen-bond acceptors (Lipinski definition) is 2. The topological polar surface area (TPSA) is 26.3 Å². The third-order valence-electron chi connectivity index (χ3n) is 5.29. The van der Waals surface area contributed by atoms with Gasteiger partial charge in [0, 0.05) is 5.92 Å². The molecule has 0 radical (unpaired) electrons. The molecule has 4 rings (SSSR count). The lowest BCUT2D eigenvalue weighted by atomic mass is 9.90. The van der Waals surface area contributed by atoms with Crippen molar-refractivity contribution in [2.75, 3.05) is 6.61 Å². The first-order chi connectivity index (χ1) is 12.2. The maximum Gasteiger partial charge on any atom is 0.313 e. The Labute approximate surface area is 148 Å². The average Bonchev–Trinajstić information content (AvgIpc) is 3.38. The van der Waals surface area contributed by atoms with Crippen molar-refractivity contribution >= 4 is 16.7 Å². The van der Waals surface area contributed by atoms with Gasteiger partial charge in [0.05, 0.1) is 12.0 Å². The van der Waals surface area contributed by atoms with Gasteiger partial charge in [-0.3, -0.25) is 4.79 Å². The van der Waals surface area contributed by atoms with E-state index in [1.807, 2.05) is 25.1 Å². The summed E-state index contributed by atoms with van der Waals surface area (Å²) in [6.07, 6.45) is 1.60. The third kappa shape index (κ3) is 2.93. The highest BCUT2D eigenvalue weighted by Gasteiger charge is 2.61. The molecule has 2 atom stereocenters. The van der Waals surface area contributed by atoms with E-state index in [0.29, 0.717) is 6.61 Å². The van der Waals surface area contributed by atoms with Crippen molar-refractivity contribution in [1.82, 2.24) is 0 Å². The van der Waals surface area contributed by atoms with E-state index in [4.69, 9.17) is 4.74 Å². The fraction of sp³-hybridized carbons (Fsp3) is 0.261. The normalized spacial score (nSPS) is 21.9. The van der Waals surface area contributed by atoms with E-state index < -0.39 is 5.41 Å². The van der Waals surface area contributed by atoms with Gasteiger partial charge in [0.15, 0.2) is 0 Å². The molecule has 0 bridgehead atoms. The number of hydrogen-bond donors (Lipinski definition) is 0. The first kappa shape index (κ1) is 15.9. The minimum Gasteiger partial charge on any atom is -0.466 e. The van der Waals surface area contributed by atoms with Crippen LogP contribution in [-0.4, -0.2) is 12.6 Å². The van der Waals surface area contributed by atoms with Crippen LogP contribution in [0.4, 0.5) is 0 Å². The summed E-state index contributed by atoms with van der Waals surface area (Å²) in [5, 5.41) is 2.45. The predicted molar refractivity (Wildman–Crippen MR) is 101 cm³/mol. The molecule has 0 N–H and O–H groups in total. The molecular weight excluding hydrogens is 308 g/mol. The van der Waals surface area contributed by atoms with Gasteiger partial charge in [0.2, 0.25) is 0 Å². The minimum absolute atomic E-state index is 0.0583. The van der Waals surface area contributed by atoms with Gasteiger partial charge in [-0.1, -0.05) is 72.8 Å². The molecule has 0 saturated heterocycles. The van der Waals surface area contributed by atoms with Gasteiger partial charge in [-0.25, -0.2) is 0 Å². The number of ether oxygens (including phenoxy) is 1. The van der Waals surface area contributed by atoms with Crippen molar-refractivity contribution in [1.29, 1.82) is 0 Å². The Hall–Kier alpha value is -2.61. The maximum absolute atomic E-state index is 12.8. The summed E-state index contributed by atoms with van der Waals surface area (Å²) in [5.74, 6) is 0.191. The van der Waals surface area contributed by atoms with Crippen LogP contribution >= 0.6 is 0 Å². The molecule has 0 amide bonds. The van der Waals surface area contributed by atoms with Gasteiger partial charge in [0.1, 0.15) is 0 Å². The molecule has 25 heavy (non-hydrogen) atoms. The number of rotatable bonds is 5. The molecule has 0 aliphatic heterocycles. The summed E-state index contributed by atoms with van der Waals surface area (Å²) in [7, 11) is 0. The quantitative estimate of drug-likeness (QED) is 0.607. The van der Waals surface area contributed by atoms with Gasteiger partial charge < -0.3 is 4.74 Å². The van der Waals surface area contributed by atoms with Crippen molar-refractivity contribution in [3.63, 3.8) is 0 Å². The van der Waals surface area contributed by atoms with Crippen LogP contribution in [0.2, 0.25) is 0 Å². The Kier molecular flexibility index (Phi) is 4.04. The highest BCUT2D eigenvalue weighted by Crippen LogP contribution is 2.61. The Balaban J connectivity index is 1.66. The van der Waals surface area contributed by atoms with Crippen LogP contribution in [0.5, 0.6) is 0 Å². The van der Waals surface area contributed by atoms with Crippen LogP contribution in [0.25, 0.3) is 10.8 Å². The predicted octanol–water partition coefficient (Wildman–Crippen LogP) is 5.12. The van der Waals surface area contributed by atoms with Crippen molar-refractivity contribution < 1.29 is 9.53 Å². The van der Waals surface area contributed by atoms with Crippen molar-refractivity contribution in [2.24, 2.45) is 5.41 Å². The van der Waals surface area contributed by atoms with E-state index in [1.165, 1.54) is 21.9 Å². The van der Waals surface area contributed by atoms with E-state index in [-0.39, 0.29) is 11.9 Å². The lowest BCUT2D eigenvalue weighted by Crippen LogP contribution is -2.23. The highest BCUT2D eigenvalue weighted by molar-refractivity contribution is 5.85. The molecule has 2 nitrogen and oxygen atoms in total. The second-order valence-corrected chi connectivity index (χ2v) is 6.90. The molecule has 1 fully saturated rings. The monoisotopic (exact) mass is 330 g/mol. The SMILES string of the molecule is CCOC(=O)[C@]1(Cc2ccc3ccccc3c2)CC1c1ccccc1. The molecule has 2 heteroatoms. The van der Waals surface area contributed by atoms with Gasteiger partial charge in [-0.2, -0.15) is 0 Å². The van der Waals surface area contributed by atoms with Crippen LogP contribution in [0.3, 0.4) is 0 Å². The molecule has 0 aromatic heterocycles.